The second-order valence-electron chi connectivity index (χ2n) is 4.07. The van der Waals surface area contributed by atoms with Gasteiger partial charge in [-0.15, -0.1) is 0 Å². The van der Waals surface area contributed by atoms with Crippen molar-refractivity contribution < 1.29 is 4.79 Å². The Kier molecular flexibility index (Phi) is 3.72. The highest BCUT2D eigenvalue weighted by Crippen LogP contribution is 2.08. The first kappa shape index (κ1) is 10.5. The summed E-state index contributed by atoms with van der Waals surface area (Å²) in [5.74, 6) is 0.369. The third-order valence-electron chi connectivity index (χ3n) is 2.80. The highest BCUT2D eigenvalue weighted by atomic mass is 16.1. The third kappa shape index (κ3) is 2.99. The molecule has 0 aliphatic carbocycles. The van der Waals surface area contributed by atoms with E-state index in [-0.39, 0.29) is 11.8 Å². The monoisotopic (exact) mass is 184 g/mol. The molecule has 1 N–H and O–H groups in total. The minimum atomic E-state index is 0.158. The molecule has 13 heavy (non-hydrogen) atoms. The maximum atomic E-state index is 11.5. The molecule has 76 valence electrons. The van der Waals surface area contributed by atoms with Crippen molar-refractivity contribution in [2.75, 3.05) is 20.1 Å². The van der Waals surface area contributed by atoms with Crippen LogP contribution in [0, 0.1) is 5.92 Å². The van der Waals surface area contributed by atoms with Crippen LogP contribution in [0.15, 0.2) is 0 Å². The zero-order valence-corrected chi connectivity index (χ0v) is 8.84. The summed E-state index contributed by atoms with van der Waals surface area (Å²) in [6, 6.07) is 0.381. The Morgan fingerprint density at radius 2 is 2.38 bits per heavy atom. The molecule has 1 aliphatic rings. The number of likely N-dealkylation sites (tertiary alicyclic amines) is 1. The summed E-state index contributed by atoms with van der Waals surface area (Å²) in [6.07, 6.45) is 2.02. The molecule has 0 radical (unpaired) electrons. The van der Waals surface area contributed by atoms with Crippen molar-refractivity contribution in [1.29, 1.82) is 0 Å². The lowest BCUT2D eigenvalue weighted by Crippen LogP contribution is -2.39. The van der Waals surface area contributed by atoms with Gasteiger partial charge >= 0.3 is 0 Å². The molecule has 1 amide bonds. The minimum Gasteiger partial charge on any atom is -0.352 e. The summed E-state index contributed by atoms with van der Waals surface area (Å²) in [4.78, 5) is 13.8. The average molecular weight is 184 g/mol. The van der Waals surface area contributed by atoms with E-state index < -0.39 is 0 Å². The van der Waals surface area contributed by atoms with Gasteiger partial charge in [-0.3, -0.25) is 4.79 Å². The van der Waals surface area contributed by atoms with E-state index in [1.807, 2.05) is 13.8 Å². The number of carbonyl (C=O) groups excluding carboxylic acids is 1. The Balaban J connectivity index is 2.28. The molecule has 3 heteroatoms. The first-order valence-electron chi connectivity index (χ1n) is 5.12. The number of carbonyl (C=O) groups is 1. The molecule has 1 rings (SSSR count). The first-order chi connectivity index (χ1) is 6.13. The Labute approximate surface area is 80.5 Å². The predicted octanol–water partition coefficient (Wildman–Crippen LogP) is 0.853. The number of rotatable bonds is 3. The normalized spacial score (nSPS) is 25.9. The number of nitrogens with one attached hydrogen (secondary N) is 1. The zero-order valence-electron chi connectivity index (χ0n) is 8.84. The third-order valence-corrected chi connectivity index (χ3v) is 2.80. The maximum Gasteiger partial charge on any atom is 0.223 e. The van der Waals surface area contributed by atoms with Crippen LogP contribution in [-0.2, 0) is 4.79 Å². The molecule has 1 heterocycles. The van der Waals surface area contributed by atoms with Gasteiger partial charge in [0.05, 0.1) is 0 Å². The summed E-state index contributed by atoms with van der Waals surface area (Å²) in [5.41, 5.74) is 0. The van der Waals surface area contributed by atoms with Gasteiger partial charge in [0.2, 0.25) is 5.91 Å². The van der Waals surface area contributed by atoms with E-state index in [0.717, 1.165) is 25.9 Å². The van der Waals surface area contributed by atoms with Gasteiger partial charge in [0, 0.05) is 18.5 Å². The molecule has 2 atom stereocenters. The van der Waals surface area contributed by atoms with E-state index in [1.165, 1.54) is 0 Å². The Hall–Kier alpha value is -0.570. The summed E-state index contributed by atoms with van der Waals surface area (Å²) < 4.78 is 0. The van der Waals surface area contributed by atoms with Crippen LogP contribution in [0.2, 0.25) is 0 Å². The lowest BCUT2D eigenvalue weighted by Gasteiger charge is -2.15. The van der Waals surface area contributed by atoms with E-state index in [9.17, 15) is 4.79 Å². The summed E-state index contributed by atoms with van der Waals surface area (Å²) in [7, 11) is 2.09. The van der Waals surface area contributed by atoms with Crippen LogP contribution in [0.4, 0.5) is 0 Å². The maximum absolute atomic E-state index is 11.5. The lowest BCUT2D eigenvalue weighted by molar-refractivity contribution is -0.125. The van der Waals surface area contributed by atoms with Crippen molar-refractivity contribution in [3.8, 4) is 0 Å². The molecule has 1 saturated heterocycles. The van der Waals surface area contributed by atoms with Gasteiger partial charge in [0.1, 0.15) is 0 Å². The van der Waals surface area contributed by atoms with Crippen LogP contribution in [0.3, 0.4) is 0 Å². The summed E-state index contributed by atoms with van der Waals surface area (Å²) >= 11 is 0. The quantitative estimate of drug-likeness (QED) is 0.705. The minimum absolute atomic E-state index is 0.158. The van der Waals surface area contributed by atoms with E-state index in [1.54, 1.807) is 0 Å². The van der Waals surface area contributed by atoms with Crippen LogP contribution in [0.5, 0.6) is 0 Å². The number of likely N-dealkylation sites (N-methyl/N-ethyl adjacent to an activating group) is 1. The predicted molar refractivity (Wildman–Crippen MR) is 53.5 cm³/mol. The van der Waals surface area contributed by atoms with Crippen molar-refractivity contribution in [2.24, 2.45) is 5.92 Å². The molecule has 0 bridgehead atoms. The van der Waals surface area contributed by atoms with Gasteiger partial charge in [-0.05, 0) is 26.4 Å². The van der Waals surface area contributed by atoms with Gasteiger partial charge in [0.15, 0.2) is 0 Å². The second kappa shape index (κ2) is 4.61. The van der Waals surface area contributed by atoms with Gasteiger partial charge in [-0.1, -0.05) is 13.8 Å². The fraction of sp³-hybridized carbons (Fsp3) is 0.900. The Morgan fingerprint density at radius 3 is 2.85 bits per heavy atom. The SMILES string of the molecule is CCC(C)C(=O)NC1CCN(C)C1. The fourth-order valence-electron chi connectivity index (χ4n) is 1.58. The van der Waals surface area contributed by atoms with E-state index in [2.05, 4.69) is 17.3 Å². The Bertz CT molecular complexity index is 182. The van der Waals surface area contributed by atoms with Gasteiger partial charge < -0.3 is 10.2 Å². The van der Waals surface area contributed by atoms with Crippen molar-refractivity contribution in [2.45, 2.75) is 32.7 Å². The topological polar surface area (TPSA) is 32.3 Å². The number of amides is 1. The number of nitrogens with zero attached hydrogens (tertiary/aromatic N) is 1. The van der Waals surface area contributed by atoms with E-state index in [4.69, 9.17) is 0 Å². The molecular weight excluding hydrogens is 164 g/mol. The van der Waals surface area contributed by atoms with Crippen LogP contribution in [0.1, 0.15) is 26.7 Å². The highest BCUT2D eigenvalue weighted by Gasteiger charge is 2.22. The molecule has 0 aromatic rings. The van der Waals surface area contributed by atoms with Crippen molar-refractivity contribution >= 4 is 5.91 Å². The molecule has 1 aliphatic heterocycles. The molecule has 3 nitrogen and oxygen atoms in total. The van der Waals surface area contributed by atoms with Crippen LogP contribution in [0.25, 0.3) is 0 Å². The van der Waals surface area contributed by atoms with Gasteiger partial charge in [-0.25, -0.2) is 0 Å². The summed E-state index contributed by atoms with van der Waals surface area (Å²) in [5, 5.41) is 3.08. The smallest absolute Gasteiger partial charge is 0.223 e. The lowest BCUT2D eigenvalue weighted by atomic mass is 10.1. The fourth-order valence-corrected chi connectivity index (χ4v) is 1.58. The molecule has 0 spiro atoms. The highest BCUT2D eigenvalue weighted by molar-refractivity contribution is 5.78. The van der Waals surface area contributed by atoms with Crippen molar-refractivity contribution in [1.82, 2.24) is 10.2 Å². The molecule has 1 fully saturated rings. The standard InChI is InChI=1S/C10H20N2O/c1-4-8(2)10(13)11-9-5-6-12(3)7-9/h8-9H,4-7H2,1-3H3,(H,11,13). The van der Waals surface area contributed by atoms with Crippen molar-refractivity contribution in [3.05, 3.63) is 0 Å². The average Bonchev–Trinajstić information content (AvgIpc) is 2.49. The van der Waals surface area contributed by atoms with E-state index >= 15 is 0 Å². The van der Waals surface area contributed by atoms with Crippen LogP contribution in [-0.4, -0.2) is 37.0 Å². The Morgan fingerprint density at radius 1 is 1.69 bits per heavy atom. The molecule has 2 unspecified atom stereocenters. The number of hydrogen-bond donors (Lipinski definition) is 1. The summed E-state index contributed by atoms with van der Waals surface area (Å²) in [6.45, 7) is 6.13. The largest absolute Gasteiger partial charge is 0.352 e. The van der Waals surface area contributed by atoms with E-state index in [0.29, 0.717) is 6.04 Å². The molecule has 0 aromatic carbocycles. The molecule has 0 aromatic heterocycles. The van der Waals surface area contributed by atoms with Crippen LogP contribution >= 0.6 is 0 Å². The molecular formula is C10H20N2O. The van der Waals surface area contributed by atoms with Crippen LogP contribution < -0.4 is 5.32 Å². The number of hydrogen-bond acceptors (Lipinski definition) is 2. The molecule has 0 saturated carbocycles. The van der Waals surface area contributed by atoms with Gasteiger partial charge in [0.25, 0.3) is 0 Å². The van der Waals surface area contributed by atoms with Crippen molar-refractivity contribution in [3.63, 3.8) is 0 Å². The first-order valence-corrected chi connectivity index (χ1v) is 5.12. The zero-order chi connectivity index (χ0) is 9.84. The second-order valence-corrected chi connectivity index (χ2v) is 4.07. The van der Waals surface area contributed by atoms with Gasteiger partial charge in [-0.2, -0.15) is 0 Å².